The minimum Gasteiger partial charge on any atom is -0.480 e. The van der Waals surface area contributed by atoms with Gasteiger partial charge in [0.2, 0.25) is 0 Å². The van der Waals surface area contributed by atoms with E-state index in [1.807, 2.05) is 0 Å². The van der Waals surface area contributed by atoms with Gasteiger partial charge in [-0.2, -0.15) is 0 Å². The number of rotatable bonds is 11. The molecule has 2 unspecified atom stereocenters. The van der Waals surface area contributed by atoms with Crippen LogP contribution in [0.2, 0.25) is 0 Å². The number of carbonyl (C=O) groups is 3. The second-order valence-electron chi connectivity index (χ2n) is 3.59. The minimum atomic E-state index is -1.31. The van der Waals surface area contributed by atoms with Crippen LogP contribution in [0.15, 0.2) is 0 Å². The number of hydrogen-bond acceptors (Lipinski definition) is 7. The van der Waals surface area contributed by atoms with Gasteiger partial charge in [0, 0.05) is 6.54 Å². The fraction of sp³-hybridized carbons (Fsp3) is 0.667. The van der Waals surface area contributed by atoms with Crippen molar-refractivity contribution in [3.05, 3.63) is 0 Å². The molecule has 0 spiro atoms. The third-order valence-electron chi connectivity index (χ3n) is 2.16. The van der Waals surface area contributed by atoms with Gasteiger partial charge in [0.05, 0.1) is 13.2 Å². The highest BCUT2D eigenvalue weighted by Gasteiger charge is 2.22. The number of nitrogens with one attached hydrogen (secondary N) is 2. The van der Waals surface area contributed by atoms with Crippen LogP contribution in [0.25, 0.3) is 0 Å². The van der Waals surface area contributed by atoms with Gasteiger partial charge in [-0.25, -0.2) is 4.89 Å². The smallest absolute Gasteiger partial charge is 0.322 e. The van der Waals surface area contributed by atoms with Gasteiger partial charge in [-0.3, -0.25) is 25.0 Å². The molecule has 10 nitrogen and oxygen atoms in total. The molecule has 0 bridgehead atoms. The second kappa shape index (κ2) is 9.22. The van der Waals surface area contributed by atoms with Crippen molar-refractivity contribution in [2.75, 3.05) is 19.7 Å². The summed E-state index contributed by atoms with van der Waals surface area (Å²) in [4.78, 5) is 35.6. The lowest BCUT2D eigenvalue weighted by atomic mass is 10.2. The van der Waals surface area contributed by atoms with E-state index in [4.69, 9.17) is 20.6 Å². The summed E-state index contributed by atoms with van der Waals surface area (Å²) in [6.45, 7) is -1.08. The Balaban J connectivity index is 4.29. The highest BCUT2D eigenvalue weighted by molar-refractivity contribution is 5.76. The Bertz CT molecular complexity index is 321. The van der Waals surface area contributed by atoms with Crippen LogP contribution >= 0.6 is 0 Å². The molecular formula is C9H16N2O8. The summed E-state index contributed by atoms with van der Waals surface area (Å²) in [5.41, 5.74) is 0. The molecule has 0 aromatic heterocycles. The van der Waals surface area contributed by atoms with Gasteiger partial charge in [-0.05, 0) is 6.42 Å². The molecule has 110 valence electrons. The Morgan fingerprint density at radius 3 is 2.00 bits per heavy atom. The first-order valence-electron chi connectivity index (χ1n) is 5.29. The monoisotopic (exact) mass is 280 g/mol. The molecule has 0 saturated heterocycles. The quantitative estimate of drug-likeness (QED) is 0.185. The summed E-state index contributed by atoms with van der Waals surface area (Å²) in [7, 11) is 0. The Hall–Kier alpha value is -1.75. The Morgan fingerprint density at radius 2 is 1.58 bits per heavy atom. The topological polar surface area (TPSA) is 165 Å². The molecule has 0 heterocycles. The number of aliphatic carboxylic acids is 3. The van der Waals surface area contributed by atoms with E-state index in [1.165, 1.54) is 0 Å². The fourth-order valence-corrected chi connectivity index (χ4v) is 1.20. The summed E-state index contributed by atoms with van der Waals surface area (Å²) in [5.74, 6) is -3.77. The van der Waals surface area contributed by atoms with Gasteiger partial charge < -0.3 is 20.6 Å². The molecule has 0 aliphatic carbocycles. The predicted molar refractivity (Wildman–Crippen MR) is 59.7 cm³/mol. The van der Waals surface area contributed by atoms with Crippen LogP contribution in [-0.4, -0.2) is 70.3 Å². The van der Waals surface area contributed by atoms with Crippen LogP contribution in [0.1, 0.15) is 6.42 Å². The largest absolute Gasteiger partial charge is 0.480 e. The van der Waals surface area contributed by atoms with E-state index in [2.05, 4.69) is 15.5 Å². The third-order valence-corrected chi connectivity index (χ3v) is 2.16. The van der Waals surface area contributed by atoms with Gasteiger partial charge in [0.25, 0.3) is 0 Å². The van der Waals surface area contributed by atoms with Gasteiger partial charge in [0.15, 0.2) is 0 Å². The first-order valence-corrected chi connectivity index (χ1v) is 5.29. The van der Waals surface area contributed by atoms with E-state index in [0.29, 0.717) is 0 Å². The van der Waals surface area contributed by atoms with Crippen LogP contribution < -0.4 is 10.6 Å². The van der Waals surface area contributed by atoms with Crippen molar-refractivity contribution in [3.8, 4) is 0 Å². The zero-order chi connectivity index (χ0) is 14.8. The highest BCUT2D eigenvalue weighted by atomic mass is 17.1. The molecule has 0 fully saturated rings. The molecule has 0 saturated carbocycles. The molecular weight excluding hydrogens is 264 g/mol. The average Bonchev–Trinajstić information content (AvgIpc) is 2.31. The van der Waals surface area contributed by atoms with Gasteiger partial charge in [0.1, 0.15) is 12.1 Å². The molecule has 0 aromatic carbocycles. The second-order valence-corrected chi connectivity index (χ2v) is 3.59. The number of carboxylic acids is 3. The van der Waals surface area contributed by atoms with Crippen LogP contribution in [-0.2, 0) is 19.3 Å². The van der Waals surface area contributed by atoms with Crippen LogP contribution in [0.5, 0.6) is 0 Å². The lowest BCUT2D eigenvalue weighted by molar-refractivity contribution is -0.243. The summed E-state index contributed by atoms with van der Waals surface area (Å²) in [5, 5.41) is 38.8. The molecule has 0 aromatic rings. The third kappa shape index (κ3) is 8.05. The van der Waals surface area contributed by atoms with Crippen LogP contribution in [0.3, 0.4) is 0 Å². The first kappa shape index (κ1) is 17.2. The molecule has 0 radical (unpaired) electrons. The molecule has 0 aliphatic heterocycles. The van der Waals surface area contributed by atoms with Crippen molar-refractivity contribution in [3.63, 3.8) is 0 Å². The number of carboxylic acid groups (broad SMARTS) is 3. The summed E-state index contributed by atoms with van der Waals surface area (Å²) in [6.07, 6.45) is -0.0723. The van der Waals surface area contributed by atoms with Gasteiger partial charge in [-0.1, -0.05) is 0 Å². The maximum atomic E-state index is 10.8. The Kier molecular flexibility index (Phi) is 8.37. The fourth-order valence-electron chi connectivity index (χ4n) is 1.20. The lowest BCUT2D eigenvalue weighted by Crippen LogP contribution is -2.50. The van der Waals surface area contributed by atoms with Gasteiger partial charge >= 0.3 is 17.9 Å². The standard InChI is InChI=1S/C9H16N2O8/c12-7(13)4-11-6(9(16)17)3-10-5(8(14)15)1-2-19-18/h5-6,10-11,18H,1-4H2,(H,12,13)(H,14,15)(H,16,17). The van der Waals surface area contributed by atoms with Crippen molar-refractivity contribution in [1.82, 2.24) is 10.6 Å². The summed E-state index contributed by atoms with van der Waals surface area (Å²) >= 11 is 0. The normalized spacial score (nSPS) is 13.7. The molecule has 10 heteroatoms. The average molecular weight is 280 g/mol. The Labute approximate surface area is 107 Å². The van der Waals surface area contributed by atoms with Crippen molar-refractivity contribution < 1.29 is 39.8 Å². The van der Waals surface area contributed by atoms with Crippen LogP contribution in [0, 0.1) is 0 Å². The van der Waals surface area contributed by atoms with Crippen LogP contribution in [0.4, 0.5) is 0 Å². The van der Waals surface area contributed by atoms with E-state index >= 15 is 0 Å². The van der Waals surface area contributed by atoms with E-state index < -0.39 is 36.5 Å². The predicted octanol–water partition coefficient (Wildman–Crippen LogP) is -1.96. The van der Waals surface area contributed by atoms with Crippen molar-refractivity contribution in [1.29, 1.82) is 0 Å². The molecule has 6 N–H and O–H groups in total. The molecule has 19 heavy (non-hydrogen) atoms. The zero-order valence-corrected chi connectivity index (χ0v) is 9.90. The molecule has 0 aliphatic rings. The number of hydrogen-bond donors (Lipinski definition) is 6. The summed E-state index contributed by atoms with van der Waals surface area (Å²) in [6, 6.07) is -2.35. The maximum Gasteiger partial charge on any atom is 0.322 e. The van der Waals surface area contributed by atoms with Crippen molar-refractivity contribution in [2.45, 2.75) is 18.5 Å². The van der Waals surface area contributed by atoms with E-state index in [1.54, 1.807) is 0 Å². The molecule has 0 amide bonds. The molecule has 0 rings (SSSR count). The zero-order valence-electron chi connectivity index (χ0n) is 9.90. The Morgan fingerprint density at radius 1 is 1.00 bits per heavy atom. The SMILES string of the molecule is O=C(O)CNC(CNC(CCOO)C(=O)O)C(=O)O. The van der Waals surface area contributed by atoms with Gasteiger partial charge in [-0.15, -0.1) is 0 Å². The van der Waals surface area contributed by atoms with E-state index in [-0.39, 0.29) is 19.6 Å². The van der Waals surface area contributed by atoms with E-state index in [9.17, 15) is 14.4 Å². The summed E-state index contributed by atoms with van der Waals surface area (Å²) < 4.78 is 0. The van der Waals surface area contributed by atoms with Crippen molar-refractivity contribution in [2.24, 2.45) is 0 Å². The highest BCUT2D eigenvalue weighted by Crippen LogP contribution is 1.94. The maximum absolute atomic E-state index is 10.8. The molecule has 2 atom stereocenters. The van der Waals surface area contributed by atoms with E-state index in [0.717, 1.165) is 0 Å². The first-order chi connectivity index (χ1) is 8.88. The minimum absolute atomic E-state index is 0.0723. The van der Waals surface area contributed by atoms with Crippen molar-refractivity contribution >= 4 is 17.9 Å². The lowest BCUT2D eigenvalue weighted by Gasteiger charge is -2.18.